The van der Waals surface area contributed by atoms with Crippen molar-refractivity contribution in [3.05, 3.63) is 58.7 Å². The molecule has 28 heavy (non-hydrogen) atoms. The maximum absolute atomic E-state index is 14.4. The normalized spacial score (nSPS) is 15.5. The van der Waals surface area contributed by atoms with Crippen molar-refractivity contribution < 1.29 is 4.39 Å². The summed E-state index contributed by atoms with van der Waals surface area (Å²) in [6.45, 7) is 3.59. The Morgan fingerprint density at radius 2 is 2.00 bits per heavy atom. The molecule has 1 saturated heterocycles. The number of piperidine rings is 1. The highest BCUT2D eigenvalue weighted by Gasteiger charge is 2.18. The Morgan fingerprint density at radius 3 is 2.82 bits per heavy atom. The number of hydrogen-bond acceptors (Lipinski definition) is 5. The van der Waals surface area contributed by atoms with E-state index >= 15 is 0 Å². The molecular formula is C20H19FN6O. The molecule has 0 aromatic carbocycles. The first-order valence-corrected chi connectivity index (χ1v) is 9.35. The summed E-state index contributed by atoms with van der Waals surface area (Å²) in [5.74, 6) is -0.410. The predicted octanol–water partition coefficient (Wildman–Crippen LogP) is 2.48. The van der Waals surface area contributed by atoms with Crippen molar-refractivity contribution in [3.63, 3.8) is 0 Å². The van der Waals surface area contributed by atoms with Gasteiger partial charge in [0, 0.05) is 18.0 Å². The average Bonchev–Trinajstić information content (AvgIpc) is 3.09. The van der Waals surface area contributed by atoms with Crippen molar-refractivity contribution >= 4 is 16.6 Å². The number of fused-ring (bicyclic) bond motifs is 2. The van der Waals surface area contributed by atoms with E-state index in [1.807, 2.05) is 6.92 Å². The summed E-state index contributed by atoms with van der Waals surface area (Å²) in [5.41, 5.74) is 2.61. The van der Waals surface area contributed by atoms with E-state index in [2.05, 4.69) is 20.4 Å². The van der Waals surface area contributed by atoms with E-state index in [4.69, 9.17) is 0 Å². The molecule has 0 atom stereocenters. The molecule has 5 heterocycles. The van der Waals surface area contributed by atoms with E-state index in [-0.39, 0.29) is 17.2 Å². The van der Waals surface area contributed by atoms with Gasteiger partial charge < -0.3 is 9.72 Å². The van der Waals surface area contributed by atoms with Crippen LogP contribution in [0, 0.1) is 12.7 Å². The zero-order valence-corrected chi connectivity index (χ0v) is 15.4. The van der Waals surface area contributed by atoms with E-state index in [9.17, 15) is 9.18 Å². The second kappa shape index (κ2) is 6.49. The van der Waals surface area contributed by atoms with Crippen LogP contribution >= 0.6 is 0 Å². The SMILES string of the molecule is Cc1cn2cc(-c3ccc4c(=O)n(C5CCNCC5)ncc4n3)cc(F)c2n1. The first-order valence-electron chi connectivity index (χ1n) is 9.35. The van der Waals surface area contributed by atoms with Crippen LogP contribution in [0.1, 0.15) is 24.6 Å². The fourth-order valence-corrected chi connectivity index (χ4v) is 3.84. The van der Waals surface area contributed by atoms with E-state index in [1.165, 1.54) is 6.07 Å². The molecule has 0 bridgehead atoms. The van der Waals surface area contributed by atoms with Gasteiger partial charge in [-0.25, -0.2) is 19.0 Å². The molecule has 0 saturated carbocycles. The lowest BCUT2D eigenvalue weighted by Crippen LogP contribution is -2.35. The zero-order chi connectivity index (χ0) is 19.3. The summed E-state index contributed by atoms with van der Waals surface area (Å²) in [4.78, 5) is 21.6. The van der Waals surface area contributed by atoms with Crippen LogP contribution in [0.25, 0.3) is 27.8 Å². The van der Waals surface area contributed by atoms with Gasteiger partial charge in [0.1, 0.15) is 0 Å². The Balaban J connectivity index is 1.59. The van der Waals surface area contributed by atoms with Crippen LogP contribution in [0.3, 0.4) is 0 Å². The maximum Gasteiger partial charge on any atom is 0.276 e. The van der Waals surface area contributed by atoms with Gasteiger partial charge in [0.05, 0.1) is 34.5 Å². The predicted molar refractivity (Wildman–Crippen MR) is 104 cm³/mol. The molecule has 4 aromatic heterocycles. The van der Waals surface area contributed by atoms with Gasteiger partial charge in [-0.1, -0.05) is 0 Å². The lowest BCUT2D eigenvalue weighted by molar-refractivity contribution is 0.333. The fraction of sp³-hybridized carbons (Fsp3) is 0.300. The molecule has 1 fully saturated rings. The summed E-state index contributed by atoms with van der Waals surface area (Å²) in [7, 11) is 0. The second-order valence-electron chi connectivity index (χ2n) is 7.19. The molecule has 5 rings (SSSR count). The number of pyridine rings is 2. The average molecular weight is 378 g/mol. The van der Waals surface area contributed by atoms with Crippen LogP contribution in [0.2, 0.25) is 0 Å². The molecule has 142 valence electrons. The Hall–Kier alpha value is -3.13. The molecule has 0 unspecified atom stereocenters. The van der Waals surface area contributed by atoms with Gasteiger partial charge >= 0.3 is 0 Å². The zero-order valence-electron chi connectivity index (χ0n) is 15.4. The van der Waals surface area contributed by atoms with Gasteiger partial charge in [-0.2, -0.15) is 5.10 Å². The highest BCUT2D eigenvalue weighted by molar-refractivity contribution is 5.80. The molecule has 0 aliphatic carbocycles. The second-order valence-corrected chi connectivity index (χ2v) is 7.19. The Bertz CT molecular complexity index is 1260. The highest BCUT2D eigenvalue weighted by Crippen LogP contribution is 2.23. The van der Waals surface area contributed by atoms with Crippen molar-refractivity contribution in [1.29, 1.82) is 0 Å². The number of rotatable bonds is 2. The maximum atomic E-state index is 14.4. The minimum Gasteiger partial charge on any atom is -0.317 e. The number of nitrogens with one attached hydrogen (secondary N) is 1. The molecule has 1 aliphatic heterocycles. The summed E-state index contributed by atoms with van der Waals surface area (Å²) in [5, 5.41) is 8.18. The Kier molecular flexibility index (Phi) is 3.94. The molecule has 8 heteroatoms. The topological polar surface area (TPSA) is 77.1 Å². The number of aryl methyl sites for hydroxylation is 1. The highest BCUT2D eigenvalue weighted by atomic mass is 19.1. The Morgan fingerprint density at radius 1 is 1.18 bits per heavy atom. The van der Waals surface area contributed by atoms with Crippen molar-refractivity contribution in [2.24, 2.45) is 0 Å². The molecule has 0 radical (unpaired) electrons. The van der Waals surface area contributed by atoms with Crippen molar-refractivity contribution in [2.75, 3.05) is 13.1 Å². The van der Waals surface area contributed by atoms with Crippen LogP contribution in [0.15, 0.2) is 41.6 Å². The van der Waals surface area contributed by atoms with E-state index < -0.39 is 5.82 Å². The van der Waals surface area contributed by atoms with Crippen molar-refractivity contribution in [1.82, 2.24) is 29.5 Å². The lowest BCUT2D eigenvalue weighted by atomic mass is 10.1. The van der Waals surface area contributed by atoms with Crippen LogP contribution in [0.4, 0.5) is 4.39 Å². The fourth-order valence-electron chi connectivity index (χ4n) is 3.84. The quantitative estimate of drug-likeness (QED) is 0.580. The smallest absolute Gasteiger partial charge is 0.276 e. The van der Waals surface area contributed by atoms with Gasteiger partial charge in [-0.05, 0) is 51.1 Å². The third kappa shape index (κ3) is 2.77. The molecule has 4 aromatic rings. The standard InChI is InChI=1S/C20H19FN6O/c1-12-10-26-11-13(8-16(21)19(26)24-12)17-3-2-15-18(25-17)9-23-27(20(15)28)14-4-6-22-7-5-14/h2-3,8-11,14,22H,4-7H2,1H3. The van der Waals surface area contributed by atoms with Crippen LogP contribution < -0.4 is 10.9 Å². The summed E-state index contributed by atoms with van der Waals surface area (Å²) >= 11 is 0. The van der Waals surface area contributed by atoms with Crippen molar-refractivity contribution in [3.8, 4) is 11.3 Å². The van der Waals surface area contributed by atoms with Gasteiger partial charge in [-0.15, -0.1) is 0 Å². The molecular weight excluding hydrogens is 359 g/mol. The molecule has 0 spiro atoms. The third-order valence-corrected chi connectivity index (χ3v) is 5.24. The van der Waals surface area contributed by atoms with E-state index in [1.54, 1.807) is 39.8 Å². The van der Waals surface area contributed by atoms with Crippen molar-refractivity contribution in [2.45, 2.75) is 25.8 Å². The number of hydrogen-bond donors (Lipinski definition) is 1. The molecule has 0 amide bonds. The van der Waals surface area contributed by atoms with Gasteiger partial charge in [0.2, 0.25) is 0 Å². The van der Waals surface area contributed by atoms with Gasteiger partial charge in [-0.3, -0.25) is 4.79 Å². The minimum absolute atomic E-state index is 0.110. The Labute approximate surface area is 159 Å². The third-order valence-electron chi connectivity index (χ3n) is 5.24. The minimum atomic E-state index is -0.410. The lowest BCUT2D eigenvalue weighted by Gasteiger charge is -2.23. The van der Waals surface area contributed by atoms with E-state index in [0.29, 0.717) is 22.2 Å². The van der Waals surface area contributed by atoms with E-state index in [0.717, 1.165) is 31.6 Å². The number of aromatic nitrogens is 5. The first-order chi connectivity index (χ1) is 13.6. The van der Waals surface area contributed by atoms with Crippen LogP contribution in [-0.4, -0.2) is 37.2 Å². The van der Waals surface area contributed by atoms with Gasteiger partial charge in [0.25, 0.3) is 5.56 Å². The number of imidazole rings is 1. The summed E-state index contributed by atoms with van der Waals surface area (Å²) < 4.78 is 17.6. The molecule has 7 nitrogen and oxygen atoms in total. The number of nitrogens with zero attached hydrogens (tertiary/aromatic N) is 5. The largest absolute Gasteiger partial charge is 0.317 e. The molecule has 1 N–H and O–H groups in total. The monoisotopic (exact) mass is 378 g/mol. The van der Waals surface area contributed by atoms with Gasteiger partial charge in [0.15, 0.2) is 11.5 Å². The summed E-state index contributed by atoms with van der Waals surface area (Å²) in [6.07, 6.45) is 6.94. The van der Waals surface area contributed by atoms with Crippen LogP contribution in [-0.2, 0) is 0 Å². The number of halogens is 1. The first kappa shape index (κ1) is 17.0. The van der Waals surface area contributed by atoms with Crippen LogP contribution in [0.5, 0.6) is 0 Å². The summed E-state index contributed by atoms with van der Waals surface area (Å²) in [6, 6.07) is 5.03. The molecule has 1 aliphatic rings.